The van der Waals surface area contributed by atoms with Gasteiger partial charge in [-0.05, 0) is 31.5 Å². The van der Waals surface area contributed by atoms with Crippen LogP contribution in [0.25, 0.3) is 0 Å². The summed E-state index contributed by atoms with van der Waals surface area (Å²) in [6, 6.07) is 7.31. The topological polar surface area (TPSA) is 80.0 Å². The van der Waals surface area contributed by atoms with Crippen LogP contribution in [-0.2, 0) is 6.42 Å². The molecule has 21 heavy (non-hydrogen) atoms. The van der Waals surface area contributed by atoms with Gasteiger partial charge >= 0.3 is 6.03 Å². The second-order valence-electron chi connectivity index (χ2n) is 4.90. The average molecular weight is 304 g/mol. The van der Waals surface area contributed by atoms with Crippen LogP contribution in [0.5, 0.6) is 0 Å². The first-order valence-electron chi connectivity index (χ1n) is 6.86. The predicted octanol–water partition coefficient (Wildman–Crippen LogP) is 2.84. The standard InChI is InChI=1S/C15H20N4OS/c1-10(16)12-3-5-13(6-4-12)19-15(20)17-8-7-14-9-21-11(2)18-14/h3-6,9-10H,7-8,16H2,1-2H3,(H2,17,19,20). The lowest BCUT2D eigenvalue weighted by atomic mass is 10.1. The quantitative estimate of drug-likeness (QED) is 0.794. The van der Waals surface area contributed by atoms with Gasteiger partial charge in [-0.1, -0.05) is 12.1 Å². The number of carbonyl (C=O) groups is 1. The van der Waals surface area contributed by atoms with Crippen LogP contribution < -0.4 is 16.4 Å². The first-order valence-corrected chi connectivity index (χ1v) is 7.74. The van der Waals surface area contributed by atoms with Crippen LogP contribution in [0.15, 0.2) is 29.6 Å². The fourth-order valence-corrected chi connectivity index (χ4v) is 2.52. The van der Waals surface area contributed by atoms with Crippen molar-refractivity contribution in [2.45, 2.75) is 26.3 Å². The average Bonchev–Trinajstić information content (AvgIpc) is 2.85. The second-order valence-corrected chi connectivity index (χ2v) is 5.96. The number of thiazole rings is 1. The van der Waals surface area contributed by atoms with Gasteiger partial charge in [0, 0.05) is 30.1 Å². The Morgan fingerprint density at radius 3 is 2.67 bits per heavy atom. The fourth-order valence-electron chi connectivity index (χ4n) is 1.87. The summed E-state index contributed by atoms with van der Waals surface area (Å²) in [5.41, 5.74) is 8.59. The monoisotopic (exact) mass is 304 g/mol. The number of hydrogen-bond donors (Lipinski definition) is 3. The van der Waals surface area contributed by atoms with E-state index in [0.717, 1.165) is 28.4 Å². The molecule has 0 aliphatic rings. The highest BCUT2D eigenvalue weighted by molar-refractivity contribution is 7.09. The van der Waals surface area contributed by atoms with Crippen molar-refractivity contribution in [3.05, 3.63) is 45.9 Å². The number of rotatable bonds is 5. The molecule has 0 saturated carbocycles. The third-order valence-corrected chi connectivity index (χ3v) is 3.85. The number of amides is 2. The minimum Gasteiger partial charge on any atom is -0.337 e. The molecule has 0 bridgehead atoms. The van der Waals surface area contributed by atoms with E-state index in [2.05, 4.69) is 15.6 Å². The van der Waals surface area contributed by atoms with Crippen molar-refractivity contribution in [3.8, 4) is 0 Å². The first kappa shape index (κ1) is 15.5. The van der Waals surface area contributed by atoms with Crippen LogP contribution in [0.3, 0.4) is 0 Å². The van der Waals surface area contributed by atoms with Gasteiger partial charge in [0.1, 0.15) is 0 Å². The number of nitrogens with two attached hydrogens (primary N) is 1. The molecule has 1 atom stereocenters. The summed E-state index contributed by atoms with van der Waals surface area (Å²) in [4.78, 5) is 16.1. The highest BCUT2D eigenvalue weighted by atomic mass is 32.1. The highest BCUT2D eigenvalue weighted by Gasteiger charge is 2.04. The van der Waals surface area contributed by atoms with E-state index in [1.807, 2.05) is 43.5 Å². The zero-order chi connectivity index (χ0) is 15.2. The van der Waals surface area contributed by atoms with Gasteiger partial charge in [-0.2, -0.15) is 0 Å². The summed E-state index contributed by atoms with van der Waals surface area (Å²) < 4.78 is 0. The molecule has 2 amide bonds. The van der Waals surface area contributed by atoms with Crippen molar-refractivity contribution >= 4 is 23.1 Å². The minimum atomic E-state index is -0.213. The maximum atomic E-state index is 11.8. The molecule has 1 heterocycles. The number of aryl methyl sites for hydroxylation is 1. The van der Waals surface area contributed by atoms with E-state index >= 15 is 0 Å². The predicted molar refractivity (Wildman–Crippen MR) is 86.6 cm³/mol. The van der Waals surface area contributed by atoms with Crippen LogP contribution in [-0.4, -0.2) is 17.6 Å². The largest absolute Gasteiger partial charge is 0.337 e. The van der Waals surface area contributed by atoms with Crippen LogP contribution in [0, 0.1) is 6.92 Å². The SMILES string of the molecule is Cc1nc(CCNC(=O)Nc2ccc(C(C)N)cc2)cs1. The van der Waals surface area contributed by atoms with E-state index in [1.54, 1.807) is 11.3 Å². The molecule has 0 saturated heterocycles. The van der Waals surface area contributed by atoms with Crippen molar-refractivity contribution in [3.63, 3.8) is 0 Å². The molecule has 2 rings (SSSR count). The van der Waals surface area contributed by atoms with Gasteiger partial charge in [0.2, 0.25) is 0 Å². The number of nitrogens with zero attached hydrogens (tertiary/aromatic N) is 1. The third-order valence-electron chi connectivity index (χ3n) is 3.03. The number of carbonyl (C=O) groups excluding carboxylic acids is 1. The Hall–Kier alpha value is -1.92. The molecule has 1 aromatic carbocycles. The molecule has 0 radical (unpaired) electrons. The van der Waals surface area contributed by atoms with Crippen LogP contribution >= 0.6 is 11.3 Å². The van der Waals surface area contributed by atoms with Crippen LogP contribution in [0.1, 0.15) is 29.2 Å². The van der Waals surface area contributed by atoms with Gasteiger partial charge in [-0.15, -0.1) is 11.3 Å². The smallest absolute Gasteiger partial charge is 0.319 e. The Morgan fingerprint density at radius 2 is 2.10 bits per heavy atom. The van der Waals surface area contributed by atoms with Gasteiger partial charge in [-0.25, -0.2) is 9.78 Å². The Balaban J connectivity index is 1.76. The summed E-state index contributed by atoms with van der Waals surface area (Å²) in [6.45, 7) is 4.46. The minimum absolute atomic E-state index is 0.00514. The zero-order valence-corrected chi connectivity index (χ0v) is 13.0. The number of urea groups is 1. The number of nitrogens with one attached hydrogen (secondary N) is 2. The maximum absolute atomic E-state index is 11.8. The summed E-state index contributed by atoms with van der Waals surface area (Å²) in [7, 11) is 0. The van der Waals surface area contributed by atoms with E-state index in [4.69, 9.17) is 5.73 Å². The molecule has 1 unspecified atom stereocenters. The molecule has 0 fully saturated rings. The van der Waals surface area contributed by atoms with Crippen molar-refractivity contribution < 1.29 is 4.79 Å². The Morgan fingerprint density at radius 1 is 1.38 bits per heavy atom. The molecule has 6 heteroatoms. The van der Waals surface area contributed by atoms with Gasteiger partial charge < -0.3 is 16.4 Å². The van der Waals surface area contributed by atoms with Crippen molar-refractivity contribution in [2.75, 3.05) is 11.9 Å². The molecule has 4 N–H and O–H groups in total. The number of hydrogen-bond acceptors (Lipinski definition) is 4. The summed E-state index contributed by atoms with van der Waals surface area (Å²) in [5, 5.41) is 8.67. The normalized spacial score (nSPS) is 12.0. The molecule has 0 aliphatic heterocycles. The van der Waals surface area contributed by atoms with Crippen molar-refractivity contribution in [2.24, 2.45) is 5.73 Å². The van der Waals surface area contributed by atoms with E-state index in [0.29, 0.717) is 6.54 Å². The van der Waals surface area contributed by atoms with E-state index in [9.17, 15) is 4.79 Å². The molecular weight excluding hydrogens is 284 g/mol. The number of benzene rings is 1. The van der Waals surface area contributed by atoms with Crippen LogP contribution in [0.2, 0.25) is 0 Å². The lowest BCUT2D eigenvalue weighted by Crippen LogP contribution is -2.30. The van der Waals surface area contributed by atoms with Gasteiger partial charge in [-0.3, -0.25) is 0 Å². The first-order chi connectivity index (χ1) is 10.0. The molecule has 2 aromatic rings. The van der Waals surface area contributed by atoms with Crippen LogP contribution in [0.4, 0.5) is 10.5 Å². The molecular formula is C15H20N4OS. The van der Waals surface area contributed by atoms with E-state index in [-0.39, 0.29) is 12.1 Å². The van der Waals surface area contributed by atoms with E-state index < -0.39 is 0 Å². The number of anilines is 1. The Labute approximate surface area is 128 Å². The third kappa shape index (κ3) is 4.84. The summed E-state index contributed by atoms with van der Waals surface area (Å²) >= 11 is 1.62. The van der Waals surface area contributed by atoms with Crippen molar-refractivity contribution in [1.82, 2.24) is 10.3 Å². The maximum Gasteiger partial charge on any atom is 0.319 e. The molecule has 5 nitrogen and oxygen atoms in total. The Bertz CT molecular complexity index is 592. The summed E-state index contributed by atoms with van der Waals surface area (Å²) in [5.74, 6) is 0. The fraction of sp³-hybridized carbons (Fsp3) is 0.333. The van der Waals surface area contributed by atoms with Crippen molar-refractivity contribution in [1.29, 1.82) is 0 Å². The van der Waals surface area contributed by atoms with Gasteiger partial charge in [0.05, 0.1) is 10.7 Å². The van der Waals surface area contributed by atoms with E-state index in [1.165, 1.54) is 0 Å². The highest BCUT2D eigenvalue weighted by Crippen LogP contribution is 2.14. The lowest BCUT2D eigenvalue weighted by molar-refractivity contribution is 0.252. The lowest BCUT2D eigenvalue weighted by Gasteiger charge is -2.09. The van der Waals surface area contributed by atoms with Gasteiger partial charge in [0.25, 0.3) is 0 Å². The second kappa shape index (κ2) is 7.19. The van der Waals surface area contributed by atoms with Gasteiger partial charge in [0.15, 0.2) is 0 Å². The Kier molecular flexibility index (Phi) is 5.30. The number of aromatic nitrogens is 1. The zero-order valence-electron chi connectivity index (χ0n) is 12.2. The molecule has 0 aliphatic carbocycles. The molecule has 1 aromatic heterocycles. The molecule has 112 valence electrons. The summed E-state index contributed by atoms with van der Waals surface area (Å²) in [6.07, 6.45) is 0.737. The molecule has 0 spiro atoms.